The van der Waals surface area contributed by atoms with Gasteiger partial charge in [-0.3, -0.25) is 4.90 Å². The maximum atomic E-state index is 13.5. The van der Waals surface area contributed by atoms with Crippen molar-refractivity contribution in [2.45, 2.75) is 44.9 Å². The fourth-order valence-electron chi connectivity index (χ4n) is 5.29. The predicted molar refractivity (Wildman–Crippen MR) is 164 cm³/mol. The molecular weight excluding hydrogens is 551 g/mol. The molecular formula is C36H36F3NO3. The van der Waals surface area contributed by atoms with E-state index in [1.54, 1.807) is 18.2 Å². The van der Waals surface area contributed by atoms with Crippen molar-refractivity contribution >= 4 is 10.8 Å². The van der Waals surface area contributed by atoms with Crippen LogP contribution in [0, 0.1) is 0 Å². The minimum absolute atomic E-state index is 0.0101. The smallest absolute Gasteiger partial charge is 0.417 e. The van der Waals surface area contributed by atoms with Crippen molar-refractivity contribution in [2.75, 3.05) is 19.8 Å². The molecule has 4 nitrogen and oxygen atoms in total. The fourth-order valence-corrected chi connectivity index (χ4v) is 5.29. The van der Waals surface area contributed by atoms with Crippen molar-refractivity contribution < 1.29 is 27.4 Å². The summed E-state index contributed by atoms with van der Waals surface area (Å²) in [6.45, 7) is 1.93. The van der Waals surface area contributed by atoms with Gasteiger partial charge in [0.15, 0.2) is 0 Å². The summed E-state index contributed by atoms with van der Waals surface area (Å²) < 4.78 is 52.3. The number of aliphatic hydroxyl groups excluding tert-OH is 1. The zero-order valence-corrected chi connectivity index (χ0v) is 24.0. The molecule has 0 bridgehead atoms. The van der Waals surface area contributed by atoms with Crippen LogP contribution in [0.15, 0.2) is 108 Å². The number of hydrogen-bond acceptors (Lipinski definition) is 4. The number of fused-ring (bicyclic) bond motifs is 1. The molecule has 0 amide bonds. The summed E-state index contributed by atoms with van der Waals surface area (Å²) in [5.41, 5.74) is 1.71. The third-order valence-corrected chi connectivity index (χ3v) is 7.46. The third kappa shape index (κ3) is 8.49. The van der Waals surface area contributed by atoms with Gasteiger partial charge >= 0.3 is 6.18 Å². The van der Waals surface area contributed by atoms with Crippen molar-refractivity contribution in [3.63, 3.8) is 0 Å². The molecule has 0 spiro atoms. The van der Waals surface area contributed by atoms with E-state index < -0.39 is 11.7 Å². The minimum atomic E-state index is -4.47. The van der Waals surface area contributed by atoms with Gasteiger partial charge in [0, 0.05) is 18.7 Å². The van der Waals surface area contributed by atoms with Crippen LogP contribution < -0.4 is 4.74 Å². The highest BCUT2D eigenvalue weighted by atomic mass is 19.4. The Kier molecular flexibility index (Phi) is 10.2. The number of furan rings is 1. The summed E-state index contributed by atoms with van der Waals surface area (Å²) in [7, 11) is 0. The highest BCUT2D eigenvalue weighted by molar-refractivity contribution is 5.84. The summed E-state index contributed by atoms with van der Waals surface area (Å²) in [5, 5.41) is 11.8. The molecule has 0 aliphatic heterocycles. The van der Waals surface area contributed by atoms with Crippen molar-refractivity contribution in [3.8, 4) is 17.1 Å². The Hall–Kier alpha value is -4.07. The van der Waals surface area contributed by atoms with E-state index in [2.05, 4.69) is 48.5 Å². The second kappa shape index (κ2) is 14.4. The molecule has 4 aromatic carbocycles. The van der Waals surface area contributed by atoms with Gasteiger partial charge in [0.25, 0.3) is 0 Å². The number of hydrogen-bond donors (Lipinski definition) is 1. The molecule has 0 aliphatic carbocycles. The molecule has 1 aromatic heterocycles. The number of aryl methyl sites for hydroxylation is 1. The largest absolute Gasteiger partial charge is 0.494 e. The average Bonchev–Trinajstić information content (AvgIpc) is 3.47. The Balaban J connectivity index is 1.16. The first kappa shape index (κ1) is 30.4. The van der Waals surface area contributed by atoms with E-state index in [4.69, 9.17) is 9.15 Å². The Morgan fingerprint density at radius 1 is 0.721 bits per heavy atom. The number of alkyl halides is 3. The summed E-state index contributed by atoms with van der Waals surface area (Å²) in [6.07, 6.45) is -0.104. The Morgan fingerprint density at radius 2 is 1.49 bits per heavy atom. The standard InChI is InChI=1S/C36H36F3NO3/c37-36(38,39)34-13-7-6-12-33(34)35-19-18-32(43-35)26-40(20-21-41)25-28-14-15-30-24-31(17-16-29(30)23-28)42-22-8-2-5-11-27-9-3-1-4-10-27/h1,3-4,6-7,9-10,12-19,23-24,41H,2,5,8,11,20-22,25-26H2. The maximum absolute atomic E-state index is 13.5. The highest BCUT2D eigenvalue weighted by Crippen LogP contribution is 2.37. The maximum Gasteiger partial charge on any atom is 0.417 e. The van der Waals surface area contributed by atoms with Crippen molar-refractivity contribution in [1.82, 2.24) is 4.90 Å². The van der Waals surface area contributed by atoms with Gasteiger partial charge in [0.1, 0.15) is 17.3 Å². The third-order valence-electron chi connectivity index (χ3n) is 7.46. The molecule has 0 saturated carbocycles. The first-order chi connectivity index (χ1) is 20.9. The van der Waals surface area contributed by atoms with Crippen LogP contribution in [0.2, 0.25) is 0 Å². The van der Waals surface area contributed by atoms with Crippen LogP contribution in [0.4, 0.5) is 13.2 Å². The van der Waals surface area contributed by atoms with Crippen LogP contribution >= 0.6 is 0 Å². The first-order valence-corrected chi connectivity index (χ1v) is 14.7. The van der Waals surface area contributed by atoms with Crippen LogP contribution in [-0.2, 0) is 25.7 Å². The molecule has 0 saturated heterocycles. The van der Waals surface area contributed by atoms with Crippen LogP contribution in [0.1, 0.15) is 41.7 Å². The quantitative estimate of drug-likeness (QED) is 0.132. The molecule has 1 N–H and O–H groups in total. The number of nitrogens with zero attached hydrogens (tertiary/aromatic N) is 1. The SMILES string of the molecule is OCCN(Cc1ccc2cc(OCCCCCc3ccccc3)ccc2c1)Cc1ccc(-c2ccccc2C(F)(F)F)o1. The molecule has 0 fully saturated rings. The average molecular weight is 588 g/mol. The second-order valence-electron chi connectivity index (χ2n) is 10.7. The molecule has 0 unspecified atom stereocenters. The first-order valence-electron chi connectivity index (χ1n) is 14.7. The Morgan fingerprint density at radius 3 is 2.30 bits per heavy atom. The number of halogens is 3. The number of ether oxygens (including phenoxy) is 1. The fraction of sp³-hybridized carbons (Fsp3) is 0.278. The molecule has 0 atom stereocenters. The van der Waals surface area contributed by atoms with Gasteiger partial charge in [-0.25, -0.2) is 0 Å². The van der Waals surface area contributed by atoms with Crippen LogP contribution in [0.5, 0.6) is 5.75 Å². The van der Waals surface area contributed by atoms with Crippen molar-refractivity contribution in [2.24, 2.45) is 0 Å². The molecule has 1 heterocycles. The lowest BCUT2D eigenvalue weighted by Crippen LogP contribution is -2.25. The number of rotatable bonds is 14. The number of aliphatic hydroxyl groups is 1. The van der Waals surface area contributed by atoms with E-state index in [-0.39, 0.29) is 17.9 Å². The van der Waals surface area contributed by atoms with Crippen molar-refractivity contribution in [3.05, 3.63) is 126 Å². The second-order valence-corrected chi connectivity index (χ2v) is 10.7. The van der Waals surface area contributed by atoms with Gasteiger partial charge < -0.3 is 14.3 Å². The van der Waals surface area contributed by atoms with Gasteiger partial charge in [-0.1, -0.05) is 66.7 Å². The van der Waals surface area contributed by atoms with E-state index >= 15 is 0 Å². The van der Waals surface area contributed by atoms with E-state index in [0.29, 0.717) is 32.0 Å². The lowest BCUT2D eigenvalue weighted by molar-refractivity contribution is -0.137. The van der Waals surface area contributed by atoms with E-state index in [9.17, 15) is 18.3 Å². The highest BCUT2D eigenvalue weighted by Gasteiger charge is 2.34. The molecule has 43 heavy (non-hydrogen) atoms. The zero-order chi connectivity index (χ0) is 30.1. The Labute approximate surface area is 250 Å². The lowest BCUT2D eigenvalue weighted by atomic mass is 10.1. The normalized spacial score (nSPS) is 11.8. The molecule has 0 aliphatic rings. The molecule has 0 radical (unpaired) electrons. The molecule has 5 aromatic rings. The lowest BCUT2D eigenvalue weighted by Gasteiger charge is -2.20. The van der Waals surface area contributed by atoms with Crippen LogP contribution in [0.3, 0.4) is 0 Å². The van der Waals surface area contributed by atoms with Crippen LogP contribution in [-0.4, -0.2) is 29.8 Å². The van der Waals surface area contributed by atoms with Gasteiger partial charge in [-0.05, 0) is 84.0 Å². The van der Waals surface area contributed by atoms with Crippen molar-refractivity contribution in [1.29, 1.82) is 0 Å². The van der Waals surface area contributed by atoms with Crippen LogP contribution in [0.25, 0.3) is 22.1 Å². The van der Waals surface area contributed by atoms with Gasteiger partial charge in [0.2, 0.25) is 0 Å². The molecule has 7 heteroatoms. The number of unbranched alkanes of at least 4 members (excludes halogenated alkanes) is 2. The van der Waals surface area contributed by atoms with E-state index in [0.717, 1.165) is 53.8 Å². The zero-order valence-electron chi connectivity index (χ0n) is 24.0. The summed E-state index contributed by atoms with van der Waals surface area (Å²) in [4.78, 5) is 2.01. The van der Waals surface area contributed by atoms with Gasteiger partial charge in [-0.2, -0.15) is 13.2 Å². The number of benzene rings is 4. The summed E-state index contributed by atoms with van der Waals surface area (Å²) in [5.74, 6) is 1.55. The van der Waals surface area contributed by atoms with E-state index in [1.165, 1.54) is 17.7 Å². The summed E-state index contributed by atoms with van der Waals surface area (Å²) >= 11 is 0. The Bertz CT molecular complexity index is 1600. The topological polar surface area (TPSA) is 45.8 Å². The van der Waals surface area contributed by atoms with Gasteiger partial charge in [0.05, 0.1) is 25.3 Å². The monoisotopic (exact) mass is 587 g/mol. The van der Waals surface area contributed by atoms with E-state index in [1.807, 2.05) is 23.1 Å². The molecule has 224 valence electrons. The summed E-state index contributed by atoms with van der Waals surface area (Å²) in [6, 6.07) is 31.5. The van der Waals surface area contributed by atoms with Gasteiger partial charge in [-0.15, -0.1) is 0 Å². The minimum Gasteiger partial charge on any atom is -0.494 e. The predicted octanol–water partition coefficient (Wildman–Crippen LogP) is 8.90. The molecule has 5 rings (SSSR count).